The summed E-state index contributed by atoms with van der Waals surface area (Å²) in [4.78, 5) is 10.6. The SMILES string of the molecule is CCOC(=O)C=CC=CCCl. The molecule has 0 bridgehead atoms. The van der Waals surface area contributed by atoms with E-state index in [4.69, 9.17) is 11.6 Å². The molecule has 0 atom stereocenters. The zero-order chi connectivity index (χ0) is 8.53. The van der Waals surface area contributed by atoms with Crippen molar-refractivity contribution in [1.29, 1.82) is 0 Å². The fraction of sp³-hybridized carbons (Fsp3) is 0.375. The molecule has 0 unspecified atom stereocenters. The molecule has 0 aromatic carbocycles. The number of esters is 1. The van der Waals surface area contributed by atoms with E-state index in [1.54, 1.807) is 25.2 Å². The molecule has 11 heavy (non-hydrogen) atoms. The third-order valence-electron chi connectivity index (χ3n) is 0.855. The average molecular weight is 175 g/mol. The molecule has 0 aromatic heterocycles. The predicted molar refractivity (Wildman–Crippen MR) is 45.6 cm³/mol. The second-order valence-corrected chi connectivity index (χ2v) is 2.00. The molecule has 0 aliphatic rings. The maximum atomic E-state index is 10.6. The molecule has 0 radical (unpaired) electrons. The van der Waals surface area contributed by atoms with Gasteiger partial charge in [0.05, 0.1) is 6.61 Å². The molecule has 0 heterocycles. The molecular weight excluding hydrogens is 164 g/mol. The standard InChI is InChI=1S/C8H11ClO2/c1-2-11-8(10)6-4-3-5-7-9/h3-6H,2,7H2,1H3. The molecule has 0 amide bonds. The molecule has 0 aromatic rings. The van der Waals surface area contributed by atoms with E-state index in [1.807, 2.05) is 0 Å². The van der Waals surface area contributed by atoms with Crippen LogP contribution in [0.15, 0.2) is 24.3 Å². The first-order valence-electron chi connectivity index (χ1n) is 3.37. The van der Waals surface area contributed by atoms with Crippen LogP contribution in [0.1, 0.15) is 6.92 Å². The number of carbonyl (C=O) groups is 1. The van der Waals surface area contributed by atoms with Crippen molar-refractivity contribution < 1.29 is 9.53 Å². The zero-order valence-electron chi connectivity index (χ0n) is 6.42. The average Bonchev–Trinajstić information content (AvgIpc) is 1.99. The van der Waals surface area contributed by atoms with Crippen molar-refractivity contribution in [3.63, 3.8) is 0 Å². The van der Waals surface area contributed by atoms with Crippen LogP contribution in [0.5, 0.6) is 0 Å². The number of carbonyl (C=O) groups excluding carboxylic acids is 1. The van der Waals surface area contributed by atoms with Crippen LogP contribution >= 0.6 is 11.6 Å². The predicted octanol–water partition coefficient (Wildman–Crippen LogP) is 1.90. The lowest BCUT2D eigenvalue weighted by atomic mass is 10.4. The van der Waals surface area contributed by atoms with Crippen molar-refractivity contribution in [3.05, 3.63) is 24.3 Å². The molecule has 0 spiro atoms. The van der Waals surface area contributed by atoms with Crippen molar-refractivity contribution in [2.24, 2.45) is 0 Å². The molecule has 0 saturated heterocycles. The van der Waals surface area contributed by atoms with Crippen molar-refractivity contribution >= 4 is 17.6 Å². The Morgan fingerprint density at radius 1 is 1.55 bits per heavy atom. The van der Waals surface area contributed by atoms with Crippen molar-refractivity contribution in [2.45, 2.75) is 6.92 Å². The Kier molecular flexibility index (Phi) is 6.84. The van der Waals surface area contributed by atoms with Gasteiger partial charge in [-0.2, -0.15) is 0 Å². The molecular formula is C8H11ClO2. The number of allylic oxidation sites excluding steroid dienone is 3. The highest BCUT2D eigenvalue weighted by Gasteiger charge is 1.89. The van der Waals surface area contributed by atoms with Crippen LogP contribution in [0.4, 0.5) is 0 Å². The quantitative estimate of drug-likeness (QED) is 0.282. The molecule has 0 fully saturated rings. The first-order valence-corrected chi connectivity index (χ1v) is 3.90. The zero-order valence-corrected chi connectivity index (χ0v) is 7.17. The largest absolute Gasteiger partial charge is 0.463 e. The van der Waals surface area contributed by atoms with Crippen LogP contribution < -0.4 is 0 Å². The van der Waals surface area contributed by atoms with Gasteiger partial charge in [0, 0.05) is 12.0 Å². The Morgan fingerprint density at radius 3 is 2.82 bits per heavy atom. The third kappa shape index (κ3) is 7.13. The fourth-order valence-electron chi connectivity index (χ4n) is 0.454. The van der Waals surface area contributed by atoms with E-state index in [0.29, 0.717) is 12.5 Å². The summed E-state index contributed by atoms with van der Waals surface area (Å²) in [5, 5.41) is 0. The number of hydrogen-bond donors (Lipinski definition) is 0. The van der Waals surface area contributed by atoms with Crippen LogP contribution in [0, 0.1) is 0 Å². The van der Waals surface area contributed by atoms with E-state index < -0.39 is 0 Å². The second kappa shape index (κ2) is 7.35. The molecule has 0 saturated carbocycles. The Hall–Kier alpha value is -0.760. The van der Waals surface area contributed by atoms with Gasteiger partial charge < -0.3 is 4.74 Å². The number of halogens is 1. The van der Waals surface area contributed by atoms with Crippen LogP contribution in [0.3, 0.4) is 0 Å². The van der Waals surface area contributed by atoms with Crippen molar-refractivity contribution in [2.75, 3.05) is 12.5 Å². The normalized spacial score (nSPS) is 11.1. The molecule has 0 N–H and O–H groups in total. The van der Waals surface area contributed by atoms with Gasteiger partial charge in [0.1, 0.15) is 0 Å². The van der Waals surface area contributed by atoms with Gasteiger partial charge in [-0.05, 0) is 6.92 Å². The topological polar surface area (TPSA) is 26.3 Å². The molecule has 62 valence electrons. The summed E-state index contributed by atoms with van der Waals surface area (Å²) in [6, 6.07) is 0. The fourth-order valence-corrected chi connectivity index (χ4v) is 0.557. The van der Waals surface area contributed by atoms with Gasteiger partial charge in [0.15, 0.2) is 0 Å². The summed E-state index contributed by atoms with van der Waals surface area (Å²) in [7, 11) is 0. The maximum Gasteiger partial charge on any atom is 0.330 e. The van der Waals surface area contributed by atoms with Gasteiger partial charge in [0.25, 0.3) is 0 Å². The lowest BCUT2D eigenvalue weighted by molar-refractivity contribution is -0.137. The highest BCUT2D eigenvalue weighted by atomic mass is 35.5. The van der Waals surface area contributed by atoms with Crippen molar-refractivity contribution in [1.82, 2.24) is 0 Å². The van der Waals surface area contributed by atoms with Crippen LogP contribution in [0.2, 0.25) is 0 Å². The smallest absolute Gasteiger partial charge is 0.330 e. The molecule has 2 nitrogen and oxygen atoms in total. The molecule has 3 heteroatoms. The van der Waals surface area contributed by atoms with Gasteiger partial charge >= 0.3 is 5.97 Å². The van der Waals surface area contributed by atoms with E-state index in [1.165, 1.54) is 6.08 Å². The highest BCUT2D eigenvalue weighted by Crippen LogP contribution is 1.83. The first-order chi connectivity index (χ1) is 5.31. The molecule has 0 aliphatic carbocycles. The highest BCUT2D eigenvalue weighted by molar-refractivity contribution is 6.18. The second-order valence-electron chi connectivity index (χ2n) is 1.69. The van der Waals surface area contributed by atoms with E-state index in [0.717, 1.165) is 0 Å². The van der Waals surface area contributed by atoms with E-state index in [9.17, 15) is 4.79 Å². The summed E-state index contributed by atoms with van der Waals surface area (Å²) in [6.45, 7) is 2.17. The number of hydrogen-bond acceptors (Lipinski definition) is 2. The minimum Gasteiger partial charge on any atom is -0.463 e. The van der Waals surface area contributed by atoms with Crippen LogP contribution in [0.25, 0.3) is 0 Å². The summed E-state index contributed by atoms with van der Waals surface area (Å²) in [5.74, 6) is 0.124. The van der Waals surface area contributed by atoms with Crippen LogP contribution in [-0.4, -0.2) is 18.5 Å². The van der Waals surface area contributed by atoms with Crippen LogP contribution in [-0.2, 0) is 9.53 Å². The Labute approximate surface area is 71.5 Å². The lowest BCUT2D eigenvalue weighted by Gasteiger charge is -1.92. The first kappa shape index (κ1) is 10.2. The van der Waals surface area contributed by atoms with Crippen molar-refractivity contribution in [3.8, 4) is 0 Å². The summed E-state index contributed by atoms with van der Waals surface area (Å²) < 4.78 is 4.63. The lowest BCUT2D eigenvalue weighted by Crippen LogP contribution is -1.98. The Bertz CT molecular complexity index is 161. The Balaban J connectivity index is 3.56. The minimum absolute atomic E-state index is 0.327. The van der Waals surface area contributed by atoms with E-state index in [2.05, 4.69) is 4.74 Å². The van der Waals surface area contributed by atoms with Gasteiger partial charge in [-0.25, -0.2) is 4.79 Å². The van der Waals surface area contributed by atoms with Gasteiger partial charge in [0.2, 0.25) is 0 Å². The monoisotopic (exact) mass is 174 g/mol. The summed E-state index contributed by atoms with van der Waals surface area (Å²) >= 11 is 5.34. The van der Waals surface area contributed by atoms with Gasteiger partial charge in [-0.1, -0.05) is 18.2 Å². The summed E-state index contributed by atoms with van der Waals surface area (Å²) in [5.41, 5.74) is 0. The summed E-state index contributed by atoms with van der Waals surface area (Å²) in [6.07, 6.45) is 6.38. The third-order valence-corrected chi connectivity index (χ3v) is 1.03. The molecule has 0 rings (SSSR count). The molecule has 0 aliphatic heterocycles. The van der Waals surface area contributed by atoms with Gasteiger partial charge in [-0.15, -0.1) is 11.6 Å². The number of rotatable bonds is 4. The van der Waals surface area contributed by atoms with E-state index in [-0.39, 0.29) is 5.97 Å². The minimum atomic E-state index is -0.327. The number of ether oxygens (including phenoxy) is 1. The van der Waals surface area contributed by atoms with E-state index >= 15 is 0 Å². The number of alkyl halides is 1. The Morgan fingerprint density at radius 2 is 2.27 bits per heavy atom. The van der Waals surface area contributed by atoms with Gasteiger partial charge in [-0.3, -0.25) is 0 Å². The maximum absolute atomic E-state index is 10.6.